The summed E-state index contributed by atoms with van der Waals surface area (Å²) in [4.78, 5) is 2.58. The van der Waals surface area contributed by atoms with Crippen molar-refractivity contribution in [3.8, 4) is 0 Å². The summed E-state index contributed by atoms with van der Waals surface area (Å²) in [6.45, 7) is 7.28. The predicted molar refractivity (Wildman–Crippen MR) is 40.6 cm³/mol. The highest BCUT2D eigenvalue weighted by atomic mass is 15.2. The van der Waals surface area contributed by atoms with E-state index in [2.05, 4.69) is 18.7 Å². The van der Waals surface area contributed by atoms with Gasteiger partial charge in [-0.3, -0.25) is 0 Å². The number of likely N-dealkylation sites (tertiary alicyclic amines) is 1. The smallest absolute Gasteiger partial charge is 0.00900 e. The lowest BCUT2D eigenvalue weighted by Crippen LogP contribution is -2.44. The molecule has 0 N–H and O–H groups in total. The van der Waals surface area contributed by atoms with Crippen molar-refractivity contribution in [3.63, 3.8) is 0 Å². The van der Waals surface area contributed by atoms with E-state index in [9.17, 15) is 0 Å². The van der Waals surface area contributed by atoms with E-state index >= 15 is 0 Å². The average molecular weight is 127 g/mol. The van der Waals surface area contributed by atoms with E-state index in [4.69, 9.17) is 0 Å². The lowest BCUT2D eigenvalue weighted by atomic mass is 10.1. The molecule has 1 aliphatic rings. The maximum Gasteiger partial charge on any atom is 0.00900 e. The Kier molecular flexibility index (Phi) is 2.52. The quantitative estimate of drug-likeness (QED) is 0.559. The Bertz CT molecular complexity index is 72.6. The summed E-state index contributed by atoms with van der Waals surface area (Å²) in [6.07, 6.45) is 4.09. The summed E-state index contributed by atoms with van der Waals surface area (Å²) in [5.74, 6) is 0. The van der Waals surface area contributed by atoms with Crippen LogP contribution in [0.15, 0.2) is 0 Å². The van der Waals surface area contributed by atoms with Gasteiger partial charge in [0.05, 0.1) is 0 Å². The minimum Gasteiger partial charge on any atom is -0.300 e. The second-order valence-electron chi connectivity index (χ2n) is 2.86. The van der Waals surface area contributed by atoms with Gasteiger partial charge in [-0.05, 0) is 32.4 Å². The Morgan fingerprint density at radius 2 is 1.78 bits per heavy atom. The van der Waals surface area contributed by atoms with Crippen molar-refractivity contribution >= 4 is 0 Å². The normalized spacial score (nSPS) is 20.3. The predicted octanol–water partition coefficient (Wildman–Crippen LogP) is 1.88. The van der Waals surface area contributed by atoms with Gasteiger partial charge in [0.25, 0.3) is 0 Å². The molecule has 0 radical (unpaired) electrons. The Morgan fingerprint density at radius 1 is 1.22 bits per heavy atom. The van der Waals surface area contributed by atoms with E-state index in [1.54, 1.807) is 0 Å². The fourth-order valence-corrected chi connectivity index (χ4v) is 1.51. The molecule has 1 saturated heterocycles. The van der Waals surface area contributed by atoms with Crippen molar-refractivity contribution in [2.45, 2.75) is 39.2 Å². The van der Waals surface area contributed by atoms with Crippen LogP contribution in [-0.2, 0) is 0 Å². The van der Waals surface area contributed by atoms with Gasteiger partial charge in [-0.2, -0.15) is 0 Å². The molecule has 0 aromatic heterocycles. The summed E-state index contributed by atoms with van der Waals surface area (Å²) < 4.78 is 0. The maximum absolute atomic E-state index is 2.58. The maximum atomic E-state index is 2.58. The Labute approximate surface area is 58.0 Å². The summed E-state index contributed by atoms with van der Waals surface area (Å²) in [7, 11) is 0. The average Bonchev–Trinajstić information content (AvgIpc) is 1.78. The van der Waals surface area contributed by atoms with E-state index in [-0.39, 0.29) is 0 Å². The first-order chi connectivity index (χ1) is 4.38. The third-order valence-electron chi connectivity index (χ3n) is 2.35. The van der Waals surface area contributed by atoms with Crippen LogP contribution in [0.2, 0.25) is 0 Å². The van der Waals surface area contributed by atoms with Crippen molar-refractivity contribution in [1.82, 2.24) is 4.90 Å². The molecule has 9 heavy (non-hydrogen) atoms. The van der Waals surface area contributed by atoms with Crippen LogP contribution in [-0.4, -0.2) is 24.0 Å². The Balaban J connectivity index is 2.19. The van der Waals surface area contributed by atoms with Crippen molar-refractivity contribution < 1.29 is 0 Å². The fraction of sp³-hybridized carbons (Fsp3) is 1.00. The lowest BCUT2D eigenvalue weighted by Gasteiger charge is -2.37. The van der Waals surface area contributed by atoms with Gasteiger partial charge in [0.1, 0.15) is 0 Å². The highest BCUT2D eigenvalue weighted by Crippen LogP contribution is 2.15. The molecule has 0 unspecified atom stereocenters. The molecule has 1 fully saturated rings. The van der Waals surface area contributed by atoms with E-state index in [0.717, 1.165) is 6.04 Å². The SMILES string of the molecule is CCC(CC)N1CCC1. The summed E-state index contributed by atoms with van der Waals surface area (Å²) >= 11 is 0. The molecule has 1 nitrogen and oxygen atoms in total. The zero-order valence-electron chi connectivity index (χ0n) is 6.56. The van der Waals surface area contributed by atoms with Crippen LogP contribution in [0.1, 0.15) is 33.1 Å². The molecular weight excluding hydrogens is 110 g/mol. The minimum absolute atomic E-state index is 0.888. The molecule has 54 valence electrons. The molecule has 0 spiro atoms. The zero-order valence-corrected chi connectivity index (χ0v) is 6.56. The molecule has 1 heterocycles. The molecule has 1 rings (SSSR count). The van der Waals surface area contributed by atoms with Crippen molar-refractivity contribution in [2.24, 2.45) is 0 Å². The first kappa shape index (κ1) is 7.07. The number of nitrogens with zero attached hydrogens (tertiary/aromatic N) is 1. The van der Waals surface area contributed by atoms with Gasteiger partial charge in [0.2, 0.25) is 0 Å². The van der Waals surface area contributed by atoms with Gasteiger partial charge in [-0.1, -0.05) is 13.8 Å². The molecular formula is C8H17N. The summed E-state index contributed by atoms with van der Waals surface area (Å²) in [5, 5.41) is 0. The van der Waals surface area contributed by atoms with Gasteiger partial charge in [-0.25, -0.2) is 0 Å². The Morgan fingerprint density at radius 3 is 1.89 bits per heavy atom. The van der Waals surface area contributed by atoms with E-state index in [1.807, 2.05) is 0 Å². The van der Waals surface area contributed by atoms with Crippen LogP contribution >= 0.6 is 0 Å². The van der Waals surface area contributed by atoms with Gasteiger partial charge in [0.15, 0.2) is 0 Å². The largest absolute Gasteiger partial charge is 0.300 e. The molecule has 0 amide bonds. The van der Waals surface area contributed by atoms with Gasteiger partial charge >= 0.3 is 0 Å². The molecule has 0 atom stereocenters. The highest BCUT2D eigenvalue weighted by Gasteiger charge is 2.20. The van der Waals surface area contributed by atoms with Crippen LogP contribution in [0.25, 0.3) is 0 Å². The van der Waals surface area contributed by atoms with Crippen LogP contribution in [0.4, 0.5) is 0 Å². The molecule has 0 aromatic rings. The minimum atomic E-state index is 0.888. The summed E-state index contributed by atoms with van der Waals surface area (Å²) in [5.41, 5.74) is 0. The first-order valence-electron chi connectivity index (χ1n) is 4.12. The molecule has 0 aliphatic carbocycles. The Hall–Kier alpha value is -0.0400. The van der Waals surface area contributed by atoms with Gasteiger partial charge in [0, 0.05) is 6.04 Å². The van der Waals surface area contributed by atoms with E-state index < -0.39 is 0 Å². The van der Waals surface area contributed by atoms with Crippen LogP contribution < -0.4 is 0 Å². The fourth-order valence-electron chi connectivity index (χ4n) is 1.51. The number of hydrogen-bond acceptors (Lipinski definition) is 1. The zero-order chi connectivity index (χ0) is 6.69. The second-order valence-corrected chi connectivity index (χ2v) is 2.86. The monoisotopic (exact) mass is 127 g/mol. The topological polar surface area (TPSA) is 3.24 Å². The summed E-state index contributed by atoms with van der Waals surface area (Å²) in [6, 6.07) is 0.888. The second kappa shape index (κ2) is 3.21. The molecule has 0 aromatic carbocycles. The first-order valence-corrected chi connectivity index (χ1v) is 4.12. The number of rotatable bonds is 3. The van der Waals surface area contributed by atoms with Crippen LogP contribution in [0, 0.1) is 0 Å². The van der Waals surface area contributed by atoms with Crippen molar-refractivity contribution in [1.29, 1.82) is 0 Å². The van der Waals surface area contributed by atoms with Crippen LogP contribution in [0.3, 0.4) is 0 Å². The third-order valence-corrected chi connectivity index (χ3v) is 2.35. The molecule has 1 heteroatoms. The highest BCUT2D eigenvalue weighted by molar-refractivity contribution is 4.75. The van der Waals surface area contributed by atoms with Gasteiger partial charge < -0.3 is 4.90 Å². The van der Waals surface area contributed by atoms with Crippen molar-refractivity contribution in [2.75, 3.05) is 13.1 Å². The van der Waals surface area contributed by atoms with E-state index in [1.165, 1.54) is 32.4 Å². The van der Waals surface area contributed by atoms with Crippen LogP contribution in [0.5, 0.6) is 0 Å². The molecule has 0 saturated carbocycles. The molecule has 1 aliphatic heterocycles. The van der Waals surface area contributed by atoms with Crippen molar-refractivity contribution in [3.05, 3.63) is 0 Å². The van der Waals surface area contributed by atoms with Gasteiger partial charge in [-0.15, -0.1) is 0 Å². The lowest BCUT2D eigenvalue weighted by molar-refractivity contribution is 0.111. The standard InChI is InChI=1S/C8H17N/c1-3-8(4-2)9-6-5-7-9/h8H,3-7H2,1-2H3. The number of hydrogen-bond donors (Lipinski definition) is 0. The van der Waals surface area contributed by atoms with E-state index in [0.29, 0.717) is 0 Å². The third kappa shape index (κ3) is 1.45. The molecule has 0 bridgehead atoms.